The number of carbonyl (C=O) groups is 2. The molecule has 5 rings (SSSR count). The lowest BCUT2D eigenvalue weighted by Crippen LogP contribution is -2.39. The minimum Gasteiger partial charge on any atom is -0.294 e. The van der Waals surface area contributed by atoms with E-state index < -0.39 is 17.4 Å². The number of halogens is 2. The zero-order valence-electron chi connectivity index (χ0n) is 19.5. The smallest absolute Gasteiger partial charge is 0.294 e. The summed E-state index contributed by atoms with van der Waals surface area (Å²) >= 11 is 12.2. The highest BCUT2D eigenvalue weighted by Crippen LogP contribution is 2.34. The molecule has 0 radical (unpaired) electrons. The maximum Gasteiger partial charge on any atom is 0.331 e. The van der Waals surface area contributed by atoms with E-state index in [0.29, 0.717) is 28.5 Å². The number of aromatic nitrogens is 3. The number of aryl methyl sites for hydroxylation is 2. The van der Waals surface area contributed by atoms with Gasteiger partial charge in [0.15, 0.2) is 12.4 Å². The summed E-state index contributed by atoms with van der Waals surface area (Å²) in [6, 6.07) is 17.2. The molecule has 0 unspecified atom stereocenters. The molecule has 0 saturated heterocycles. The van der Waals surface area contributed by atoms with E-state index >= 15 is 0 Å². The molecule has 1 aliphatic rings. The zero-order chi connectivity index (χ0) is 25.6. The Morgan fingerprint density at radius 3 is 2.17 bits per heavy atom. The predicted octanol–water partition coefficient (Wildman–Crippen LogP) is 4.57. The molecule has 0 aliphatic carbocycles. The average Bonchev–Trinajstić information content (AvgIpc) is 3.34. The van der Waals surface area contributed by atoms with Crippen LogP contribution in [-0.4, -0.2) is 21.6 Å². The first-order chi connectivity index (χ1) is 17.3. The molecule has 2 amide bonds. The van der Waals surface area contributed by atoms with Gasteiger partial charge in [0.25, 0.3) is 17.2 Å². The van der Waals surface area contributed by atoms with Crippen molar-refractivity contribution in [3.8, 4) is 5.69 Å². The van der Waals surface area contributed by atoms with Gasteiger partial charge in [0.05, 0.1) is 27.0 Å². The van der Waals surface area contributed by atoms with Crippen molar-refractivity contribution in [2.24, 2.45) is 0 Å². The lowest BCUT2D eigenvalue weighted by atomic mass is 10.0. The molecule has 3 heterocycles. The van der Waals surface area contributed by atoms with Crippen LogP contribution in [0.3, 0.4) is 0 Å². The standard InChI is InChI=1S/C27H20Cl2N4O3/c1-3-21-22(26(35)33(30-21)18-11-12-19(28)20(29)15-18)23-24(31-13-5-4-6-14-31)27(36)32(25(23)34)17-9-7-16(2)8-10-17/h4-15H,3H2,1-2H3/p+1. The largest absolute Gasteiger partial charge is 0.331 e. The topological polar surface area (TPSA) is 79.1 Å². The average molecular weight is 520 g/mol. The number of nitrogens with zero attached hydrogens (tertiary/aromatic N) is 3. The first-order valence-corrected chi connectivity index (χ1v) is 12.0. The quantitative estimate of drug-likeness (QED) is 0.309. The Morgan fingerprint density at radius 1 is 0.861 bits per heavy atom. The number of rotatable bonds is 5. The second-order valence-corrected chi connectivity index (χ2v) is 9.16. The highest BCUT2D eigenvalue weighted by Gasteiger charge is 2.48. The second kappa shape index (κ2) is 9.26. The Kier molecular flexibility index (Phi) is 6.12. The van der Waals surface area contributed by atoms with E-state index in [4.69, 9.17) is 23.2 Å². The van der Waals surface area contributed by atoms with Gasteiger partial charge in [-0.25, -0.2) is 9.58 Å². The van der Waals surface area contributed by atoms with E-state index in [1.807, 2.05) is 26.0 Å². The van der Waals surface area contributed by atoms with Crippen molar-refractivity contribution in [1.82, 2.24) is 9.78 Å². The third kappa shape index (κ3) is 3.86. The molecule has 1 aliphatic heterocycles. The summed E-state index contributed by atoms with van der Waals surface area (Å²) in [5, 5.41) is 3.72. The molecule has 9 heteroatoms. The number of aromatic amines is 1. The molecule has 0 saturated carbocycles. The van der Waals surface area contributed by atoms with E-state index in [9.17, 15) is 14.4 Å². The SMILES string of the molecule is CCc1[nH]n(-c2ccc(Cl)c(Cl)c2)c(=O)c1C1=C([n+]2ccccc2)C(=O)N(c2ccc(C)cc2)C1=O. The lowest BCUT2D eigenvalue weighted by molar-refractivity contribution is -0.576. The van der Waals surface area contributed by atoms with Crippen molar-refractivity contribution >= 4 is 52.0 Å². The fraction of sp³-hybridized carbons (Fsp3) is 0.111. The molecular formula is C27H21Cl2N4O3+. The van der Waals surface area contributed by atoms with E-state index in [1.165, 1.54) is 4.68 Å². The number of pyridine rings is 1. The number of anilines is 1. The van der Waals surface area contributed by atoms with Crippen molar-refractivity contribution < 1.29 is 14.2 Å². The number of nitrogens with one attached hydrogen (secondary N) is 1. The Bertz CT molecular complexity index is 1600. The summed E-state index contributed by atoms with van der Waals surface area (Å²) in [4.78, 5) is 42.5. The number of amides is 2. The molecule has 7 nitrogen and oxygen atoms in total. The Balaban J connectivity index is 1.76. The van der Waals surface area contributed by atoms with Gasteiger partial charge in [0, 0.05) is 17.8 Å². The third-order valence-corrected chi connectivity index (χ3v) is 6.79. The van der Waals surface area contributed by atoms with Crippen LogP contribution >= 0.6 is 23.2 Å². The van der Waals surface area contributed by atoms with Crippen molar-refractivity contribution in [3.63, 3.8) is 0 Å². The summed E-state index contributed by atoms with van der Waals surface area (Å²) in [5.41, 5.74) is 2.20. The van der Waals surface area contributed by atoms with Gasteiger partial charge < -0.3 is 0 Å². The van der Waals surface area contributed by atoms with Crippen LogP contribution in [0.5, 0.6) is 0 Å². The Morgan fingerprint density at radius 2 is 1.53 bits per heavy atom. The summed E-state index contributed by atoms with van der Waals surface area (Å²) in [7, 11) is 0. The number of imide groups is 1. The van der Waals surface area contributed by atoms with Crippen LogP contribution in [0.25, 0.3) is 17.0 Å². The van der Waals surface area contributed by atoms with E-state index in [0.717, 1.165) is 10.5 Å². The minimum atomic E-state index is -0.567. The first-order valence-electron chi connectivity index (χ1n) is 11.3. The first kappa shape index (κ1) is 23.8. The fourth-order valence-electron chi connectivity index (χ4n) is 4.26. The predicted molar refractivity (Wildman–Crippen MR) is 139 cm³/mol. The number of benzene rings is 2. The number of hydrogen-bond donors (Lipinski definition) is 1. The van der Waals surface area contributed by atoms with Crippen LogP contribution in [0.15, 0.2) is 77.9 Å². The maximum atomic E-state index is 13.9. The van der Waals surface area contributed by atoms with Gasteiger partial charge in [-0.1, -0.05) is 53.9 Å². The van der Waals surface area contributed by atoms with Crippen LogP contribution < -0.4 is 15.0 Å². The van der Waals surface area contributed by atoms with Crippen molar-refractivity contribution in [1.29, 1.82) is 0 Å². The van der Waals surface area contributed by atoms with Crippen molar-refractivity contribution in [2.45, 2.75) is 20.3 Å². The van der Waals surface area contributed by atoms with Crippen molar-refractivity contribution in [3.05, 3.63) is 110 Å². The summed E-state index contributed by atoms with van der Waals surface area (Å²) in [5.74, 6) is -1.08. The van der Waals surface area contributed by atoms with Crippen LogP contribution in [0.4, 0.5) is 5.69 Å². The van der Waals surface area contributed by atoms with Gasteiger partial charge >= 0.3 is 5.91 Å². The number of carbonyl (C=O) groups excluding carboxylic acids is 2. The van der Waals surface area contributed by atoms with Crippen LogP contribution in [0.2, 0.25) is 10.0 Å². The molecule has 0 bridgehead atoms. The highest BCUT2D eigenvalue weighted by molar-refractivity contribution is 6.53. The summed E-state index contributed by atoms with van der Waals surface area (Å²) in [6.07, 6.45) is 3.77. The van der Waals surface area contributed by atoms with Crippen molar-refractivity contribution in [2.75, 3.05) is 4.90 Å². The number of hydrogen-bond acceptors (Lipinski definition) is 3. The fourth-order valence-corrected chi connectivity index (χ4v) is 4.55. The van der Waals surface area contributed by atoms with Gasteiger partial charge in [0.2, 0.25) is 0 Å². The number of H-pyrrole nitrogens is 1. The molecule has 4 aromatic rings. The molecule has 2 aromatic carbocycles. The third-order valence-electron chi connectivity index (χ3n) is 6.06. The highest BCUT2D eigenvalue weighted by atomic mass is 35.5. The van der Waals surface area contributed by atoms with Gasteiger partial charge in [-0.3, -0.25) is 19.5 Å². The Hall–Kier alpha value is -3.94. The summed E-state index contributed by atoms with van der Waals surface area (Å²) in [6.45, 7) is 3.79. The molecule has 0 spiro atoms. The van der Waals surface area contributed by atoms with Gasteiger partial charge in [-0.2, -0.15) is 4.57 Å². The van der Waals surface area contributed by atoms with Gasteiger partial charge in [-0.15, -0.1) is 0 Å². The maximum absolute atomic E-state index is 13.9. The molecule has 36 heavy (non-hydrogen) atoms. The van der Waals surface area contributed by atoms with Crippen LogP contribution in [0.1, 0.15) is 23.7 Å². The minimum absolute atomic E-state index is 0.0358. The normalized spacial score (nSPS) is 13.7. The molecule has 180 valence electrons. The van der Waals surface area contributed by atoms with Crippen LogP contribution in [0, 0.1) is 6.92 Å². The van der Waals surface area contributed by atoms with E-state index in [2.05, 4.69) is 5.10 Å². The molecule has 1 N–H and O–H groups in total. The van der Waals surface area contributed by atoms with E-state index in [1.54, 1.807) is 65.5 Å². The Labute approximate surface area is 216 Å². The molecule has 2 aromatic heterocycles. The molecule has 0 fully saturated rings. The summed E-state index contributed by atoms with van der Waals surface area (Å²) < 4.78 is 2.88. The molecular weight excluding hydrogens is 499 g/mol. The van der Waals surface area contributed by atoms with Gasteiger partial charge in [-0.05, 0) is 43.7 Å². The lowest BCUT2D eigenvalue weighted by Gasteiger charge is -2.14. The van der Waals surface area contributed by atoms with Crippen LogP contribution in [-0.2, 0) is 16.0 Å². The van der Waals surface area contributed by atoms with Gasteiger partial charge in [0.1, 0.15) is 5.57 Å². The zero-order valence-corrected chi connectivity index (χ0v) is 21.0. The van der Waals surface area contributed by atoms with E-state index in [-0.39, 0.29) is 21.9 Å². The monoisotopic (exact) mass is 519 g/mol. The molecule has 0 atom stereocenters. The second-order valence-electron chi connectivity index (χ2n) is 8.35.